The largest absolute Gasteiger partial charge is 0.419 e. The number of nitrogens with zero attached hydrogens (tertiary/aromatic N) is 5. The fourth-order valence-electron chi connectivity index (χ4n) is 3.76. The first-order valence-electron chi connectivity index (χ1n) is 9.59. The number of aromatic nitrogens is 5. The number of rotatable bonds is 3. The number of hydrogen-bond acceptors (Lipinski definition) is 5. The highest BCUT2D eigenvalue weighted by Crippen LogP contribution is 2.32. The molecular weight excluding hydrogens is 478 g/mol. The fraction of sp³-hybridized carbons (Fsp3) is 0.0435. The average Bonchev–Trinajstić information content (AvgIpc) is 3.36. The third kappa shape index (κ3) is 3.08. The van der Waals surface area contributed by atoms with E-state index in [9.17, 15) is 0 Å². The lowest BCUT2D eigenvalue weighted by molar-refractivity contribution is 0.494. The molecule has 0 aliphatic heterocycles. The van der Waals surface area contributed by atoms with Crippen LogP contribution in [0, 0.1) is 0 Å². The van der Waals surface area contributed by atoms with E-state index in [1.54, 1.807) is 6.07 Å². The quantitative estimate of drug-likeness (QED) is 0.293. The van der Waals surface area contributed by atoms with Crippen molar-refractivity contribution < 1.29 is 4.42 Å². The summed E-state index contributed by atoms with van der Waals surface area (Å²) in [7, 11) is 0. The third-order valence-corrected chi connectivity index (χ3v) is 6.00. The molecular formula is C23H13BrClN5O. The molecule has 0 aliphatic carbocycles. The van der Waals surface area contributed by atoms with Crippen molar-refractivity contribution in [2.45, 2.75) is 6.54 Å². The molecule has 6 nitrogen and oxygen atoms in total. The Morgan fingerprint density at radius 1 is 0.903 bits per heavy atom. The topological polar surface area (TPSA) is 69.6 Å². The van der Waals surface area contributed by atoms with E-state index in [0.29, 0.717) is 28.9 Å². The van der Waals surface area contributed by atoms with Gasteiger partial charge in [-0.15, -0.1) is 10.2 Å². The molecule has 8 heteroatoms. The minimum absolute atomic E-state index is 0.367. The van der Waals surface area contributed by atoms with Crippen molar-refractivity contribution in [1.82, 2.24) is 24.7 Å². The summed E-state index contributed by atoms with van der Waals surface area (Å²) >= 11 is 9.85. The summed E-state index contributed by atoms with van der Waals surface area (Å²) in [6.07, 6.45) is 0. The van der Waals surface area contributed by atoms with Gasteiger partial charge in [0.05, 0.1) is 27.1 Å². The maximum atomic E-state index is 6.28. The van der Waals surface area contributed by atoms with Crippen LogP contribution in [0.4, 0.5) is 0 Å². The Balaban J connectivity index is 1.54. The van der Waals surface area contributed by atoms with Crippen LogP contribution in [0.5, 0.6) is 0 Å². The molecule has 0 unspecified atom stereocenters. The Labute approximate surface area is 189 Å². The van der Waals surface area contributed by atoms with Gasteiger partial charge in [0.15, 0.2) is 5.65 Å². The number of benzene rings is 3. The molecule has 0 saturated carbocycles. The zero-order chi connectivity index (χ0) is 20.9. The molecule has 6 rings (SSSR count). The summed E-state index contributed by atoms with van der Waals surface area (Å²) in [5.74, 6) is 0.854. The Hall–Kier alpha value is -3.29. The van der Waals surface area contributed by atoms with Crippen LogP contribution >= 0.6 is 27.5 Å². The van der Waals surface area contributed by atoms with Gasteiger partial charge in [-0.25, -0.2) is 9.97 Å². The van der Waals surface area contributed by atoms with E-state index >= 15 is 0 Å². The molecule has 150 valence electrons. The first-order valence-corrected chi connectivity index (χ1v) is 10.8. The van der Waals surface area contributed by atoms with E-state index in [4.69, 9.17) is 26.0 Å². The van der Waals surface area contributed by atoms with Crippen molar-refractivity contribution in [3.05, 3.63) is 82.1 Å². The second-order valence-electron chi connectivity index (χ2n) is 7.11. The predicted molar refractivity (Wildman–Crippen MR) is 124 cm³/mol. The van der Waals surface area contributed by atoms with E-state index < -0.39 is 0 Å². The molecule has 3 aromatic heterocycles. The number of hydrogen-bond donors (Lipinski definition) is 0. The van der Waals surface area contributed by atoms with Crippen molar-refractivity contribution in [1.29, 1.82) is 0 Å². The smallest absolute Gasteiger partial charge is 0.249 e. The highest BCUT2D eigenvalue weighted by atomic mass is 79.9. The zero-order valence-electron chi connectivity index (χ0n) is 16.0. The first-order chi connectivity index (χ1) is 15.2. The molecule has 0 N–H and O–H groups in total. The van der Waals surface area contributed by atoms with Gasteiger partial charge in [0.1, 0.15) is 12.1 Å². The Kier molecular flexibility index (Phi) is 4.26. The molecule has 0 aliphatic rings. The molecule has 0 amide bonds. The summed E-state index contributed by atoms with van der Waals surface area (Å²) in [5.41, 5.74) is 4.99. The molecule has 31 heavy (non-hydrogen) atoms. The molecule has 0 saturated heterocycles. The molecule has 0 radical (unpaired) electrons. The van der Waals surface area contributed by atoms with Crippen LogP contribution in [0.15, 0.2) is 75.6 Å². The van der Waals surface area contributed by atoms with E-state index in [-0.39, 0.29) is 0 Å². The Morgan fingerprint density at radius 2 is 1.68 bits per heavy atom. The molecule has 0 atom stereocenters. The van der Waals surface area contributed by atoms with Gasteiger partial charge in [-0.05, 0) is 42.5 Å². The van der Waals surface area contributed by atoms with Crippen LogP contribution in [0.2, 0.25) is 5.02 Å². The maximum Gasteiger partial charge on any atom is 0.249 e. The molecule has 6 aromatic rings. The first kappa shape index (κ1) is 18.5. The molecule has 0 bridgehead atoms. The lowest BCUT2D eigenvalue weighted by Gasteiger charge is -2.04. The third-order valence-electron chi connectivity index (χ3n) is 5.18. The van der Waals surface area contributed by atoms with Gasteiger partial charge < -0.3 is 8.98 Å². The van der Waals surface area contributed by atoms with Crippen LogP contribution in [0.1, 0.15) is 5.89 Å². The van der Waals surface area contributed by atoms with Crippen LogP contribution < -0.4 is 0 Å². The van der Waals surface area contributed by atoms with Crippen LogP contribution in [-0.2, 0) is 6.54 Å². The molecule has 0 spiro atoms. The van der Waals surface area contributed by atoms with Gasteiger partial charge >= 0.3 is 0 Å². The predicted octanol–water partition coefficient (Wildman–Crippen LogP) is 6.25. The number of fused-ring (bicyclic) bond motifs is 4. The van der Waals surface area contributed by atoms with Gasteiger partial charge in [0.2, 0.25) is 11.8 Å². The zero-order valence-corrected chi connectivity index (χ0v) is 18.3. The van der Waals surface area contributed by atoms with Crippen molar-refractivity contribution >= 4 is 60.6 Å². The number of halogens is 2. The van der Waals surface area contributed by atoms with Gasteiger partial charge in [-0.2, -0.15) is 0 Å². The minimum Gasteiger partial charge on any atom is -0.419 e. The van der Waals surface area contributed by atoms with Crippen LogP contribution in [-0.4, -0.2) is 24.7 Å². The second-order valence-corrected chi connectivity index (χ2v) is 8.44. The fourth-order valence-corrected chi connectivity index (χ4v) is 4.34. The van der Waals surface area contributed by atoms with Crippen molar-refractivity contribution in [2.75, 3.05) is 0 Å². The van der Waals surface area contributed by atoms with E-state index in [1.807, 2.05) is 54.6 Å². The van der Waals surface area contributed by atoms with Gasteiger partial charge in [0.25, 0.3) is 0 Å². The lowest BCUT2D eigenvalue weighted by atomic mass is 10.2. The summed E-state index contributed by atoms with van der Waals surface area (Å²) in [6.45, 7) is 0.367. The Bertz CT molecular complexity index is 1610. The second kappa shape index (κ2) is 7.14. The van der Waals surface area contributed by atoms with Gasteiger partial charge in [-0.3, -0.25) is 0 Å². The van der Waals surface area contributed by atoms with Gasteiger partial charge in [0, 0.05) is 9.86 Å². The standard InChI is InChI=1S/C23H13BrClN5O/c24-13-9-10-19-15(11-13)21-22(27-18-8-4-3-7-17(18)26-21)30(19)12-20-28-29-23(31-20)14-5-1-2-6-16(14)25/h1-11H,12H2. The van der Waals surface area contributed by atoms with Gasteiger partial charge in [-0.1, -0.05) is 51.8 Å². The highest BCUT2D eigenvalue weighted by Gasteiger charge is 2.18. The average molecular weight is 491 g/mol. The van der Waals surface area contributed by atoms with Crippen molar-refractivity contribution in [2.24, 2.45) is 0 Å². The molecule has 0 fully saturated rings. The van der Waals surface area contributed by atoms with E-state index in [0.717, 1.165) is 37.6 Å². The summed E-state index contributed by atoms with van der Waals surface area (Å²) in [5, 5.41) is 10.0. The number of para-hydroxylation sites is 2. The summed E-state index contributed by atoms with van der Waals surface area (Å²) in [4.78, 5) is 9.78. The van der Waals surface area contributed by atoms with Crippen LogP contribution in [0.3, 0.4) is 0 Å². The van der Waals surface area contributed by atoms with Crippen molar-refractivity contribution in [3.63, 3.8) is 0 Å². The summed E-state index contributed by atoms with van der Waals surface area (Å²) < 4.78 is 8.98. The van der Waals surface area contributed by atoms with Crippen LogP contribution in [0.25, 0.3) is 44.6 Å². The van der Waals surface area contributed by atoms with E-state index in [1.165, 1.54) is 0 Å². The Morgan fingerprint density at radius 3 is 2.52 bits per heavy atom. The monoisotopic (exact) mass is 489 g/mol. The molecule has 3 aromatic carbocycles. The normalized spacial score (nSPS) is 11.7. The molecule has 3 heterocycles. The SMILES string of the molecule is Clc1ccccc1-c1nnc(Cn2c3ccc(Br)cc3c3nc4ccccc4nc32)o1. The summed E-state index contributed by atoms with van der Waals surface area (Å²) in [6, 6.07) is 21.4. The minimum atomic E-state index is 0.367. The highest BCUT2D eigenvalue weighted by molar-refractivity contribution is 9.10. The van der Waals surface area contributed by atoms with E-state index in [2.05, 4.69) is 36.8 Å². The lowest BCUT2D eigenvalue weighted by Crippen LogP contribution is -2.01. The maximum absolute atomic E-state index is 6.28. The van der Waals surface area contributed by atoms with Crippen molar-refractivity contribution in [3.8, 4) is 11.5 Å².